The van der Waals surface area contributed by atoms with Crippen LogP contribution in [0.25, 0.3) is 0 Å². The zero-order chi connectivity index (χ0) is 10.3. The Morgan fingerprint density at radius 3 is 2.31 bits per heavy atom. The average molecular weight is 189 g/mol. The number of aliphatic hydroxyl groups is 2. The van der Waals surface area contributed by atoms with Gasteiger partial charge in [0.05, 0.1) is 6.10 Å². The van der Waals surface area contributed by atoms with E-state index in [-0.39, 0.29) is 18.6 Å². The molecule has 13 heavy (non-hydrogen) atoms. The summed E-state index contributed by atoms with van der Waals surface area (Å²) < 4.78 is 0. The van der Waals surface area contributed by atoms with Gasteiger partial charge in [-0.1, -0.05) is 13.8 Å². The van der Waals surface area contributed by atoms with Gasteiger partial charge in [0.25, 0.3) is 0 Å². The number of hydrogen-bond acceptors (Lipinski definition) is 3. The summed E-state index contributed by atoms with van der Waals surface area (Å²) in [6.07, 6.45) is 1.40. The molecule has 2 N–H and O–H groups in total. The Bertz CT molecular complexity index is 119. The Labute approximate surface area is 81.4 Å². The topological polar surface area (TPSA) is 43.7 Å². The van der Waals surface area contributed by atoms with Crippen molar-refractivity contribution in [1.29, 1.82) is 0 Å². The van der Waals surface area contributed by atoms with E-state index < -0.39 is 0 Å². The summed E-state index contributed by atoms with van der Waals surface area (Å²) >= 11 is 0. The van der Waals surface area contributed by atoms with Gasteiger partial charge in [-0.3, -0.25) is 0 Å². The van der Waals surface area contributed by atoms with Gasteiger partial charge in [0.15, 0.2) is 0 Å². The third-order valence-electron chi connectivity index (χ3n) is 2.47. The average Bonchev–Trinajstić information content (AvgIpc) is 2.33. The SMILES string of the molecule is CC.CN1CCC(O)C(CO)CC1. The molecule has 1 fully saturated rings. The maximum Gasteiger partial charge on any atom is 0.0602 e. The third-order valence-corrected chi connectivity index (χ3v) is 2.47. The highest BCUT2D eigenvalue weighted by molar-refractivity contribution is 4.74. The lowest BCUT2D eigenvalue weighted by molar-refractivity contribution is 0.0654. The standard InChI is InChI=1S/C8H17NO2.C2H6/c1-9-4-2-7(6-10)8(11)3-5-9;1-2/h7-8,10-11H,2-6H2,1H3;1-2H3. The number of likely N-dealkylation sites (tertiary alicyclic amines) is 1. The van der Waals surface area contributed by atoms with Gasteiger partial charge < -0.3 is 15.1 Å². The highest BCUT2D eigenvalue weighted by Crippen LogP contribution is 2.16. The van der Waals surface area contributed by atoms with E-state index in [1.165, 1.54) is 0 Å². The van der Waals surface area contributed by atoms with Crippen molar-refractivity contribution in [3.63, 3.8) is 0 Å². The minimum atomic E-state index is -0.301. The maximum absolute atomic E-state index is 9.48. The fraction of sp³-hybridized carbons (Fsp3) is 1.00. The predicted molar refractivity (Wildman–Crippen MR) is 54.7 cm³/mol. The van der Waals surface area contributed by atoms with E-state index in [4.69, 9.17) is 5.11 Å². The lowest BCUT2D eigenvalue weighted by atomic mass is 9.99. The number of aliphatic hydroxyl groups excluding tert-OH is 2. The van der Waals surface area contributed by atoms with E-state index in [1.807, 2.05) is 20.9 Å². The van der Waals surface area contributed by atoms with E-state index >= 15 is 0 Å². The Balaban J connectivity index is 0.000000671. The second-order valence-corrected chi connectivity index (χ2v) is 3.39. The van der Waals surface area contributed by atoms with Gasteiger partial charge in [0.2, 0.25) is 0 Å². The molecule has 0 aromatic rings. The fourth-order valence-electron chi connectivity index (χ4n) is 1.49. The van der Waals surface area contributed by atoms with Crippen molar-refractivity contribution < 1.29 is 10.2 Å². The maximum atomic E-state index is 9.48. The smallest absolute Gasteiger partial charge is 0.0602 e. The van der Waals surface area contributed by atoms with Crippen LogP contribution in [0.15, 0.2) is 0 Å². The number of nitrogens with zero attached hydrogens (tertiary/aromatic N) is 1. The zero-order valence-corrected chi connectivity index (χ0v) is 9.03. The lowest BCUT2D eigenvalue weighted by Crippen LogP contribution is -2.23. The van der Waals surface area contributed by atoms with Crippen LogP contribution in [-0.2, 0) is 0 Å². The lowest BCUT2D eigenvalue weighted by Gasteiger charge is -2.16. The van der Waals surface area contributed by atoms with Crippen LogP contribution in [0.3, 0.4) is 0 Å². The first-order valence-corrected chi connectivity index (χ1v) is 5.21. The summed E-state index contributed by atoms with van der Waals surface area (Å²) in [5, 5.41) is 18.4. The molecule has 1 aliphatic rings. The predicted octanol–water partition coefficient (Wildman–Crippen LogP) is 0.708. The molecule has 1 heterocycles. The number of rotatable bonds is 1. The Hall–Kier alpha value is -0.120. The van der Waals surface area contributed by atoms with Crippen molar-refractivity contribution >= 4 is 0 Å². The first-order chi connectivity index (χ1) is 6.24. The Morgan fingerprint density at radius 1 is 1.23 bits per heavy atom. The highest BCUT2D eigenvalue weighted by atomic mass is 16.3. The minimum Gasteiger partial charge on any atom is -0.396 e. The van der Waals surface area contributed by atoms with Gasteiger partial charge in [-0.25, -0.2) is 0 Å². The van der Waals surface area contributed by atoms with Crippen LogP contribution in [0.4, 0.5) is 0 Å². The largest absolute Gasteiger partial charge is 0.396 e. The van der Waals surface area contributed by atoms with Crippen molar-refractivity contribution in [2.24, 2.45) is 5.92 Å². The molecule has 0 amide bonds. The van der Waals surface area contributed by atoms with Gasteiger partial charge in [-0.05, 0) is 26.4 Å². The Kier molecular flexibility index (Phi) is 7.23. The molecule has 3 nitrogen and oxygen atoms in total. The molecule has 1 rings (SSSR count). The molecule has 0 radical (unpaired) electrons. The van der Waals surface area contributed by atoms with Gasteiger partial charge >= 0.3 is 0 Å². The number of hydrogen-bond donors (Lipinski definition) is 2. The molecule has 0 saturated carbocycles. The molecule has 1 saturated heterocycles. The van der Waals surface area contributed by atoms with Crippen LogP contribution in [0.5, 0.6) is 0 Å². The quantitative estimate of drug-likeness (QED) is 0.638. The van der Waals surface area contributed by atoms with Gasteiger partial charge in [0.1, 0.15) is 0 Å². The molecule has 0 aromatic heterocycles. The van der Waals surface area contributed by atoms with Crippen LogP contribution in [0.1, 0.15) is 26.7 Å². The van der Waals surface area contributed by atoms with Gasteiger partial charge in [0, 0.05) is 19.1 Å². The zero-order valence-electron chi connectivity index (χ0n) is 9.03. The summed E-state index contributed by atoms with van der Waals surface area (Å²) in [5.74, 6) is 0.0972. The summed E-state index contributed by atoms with van der Waals surface area (Å²) in [7, 11) is 2.05. The van der Waals surface area contributed by atoms with Crippen LogP contribution in [-0.4, -0.2) is 48.0 Å². The van der Waals surface area contributed by atoms with Crippen LogP contribution >= 0.6 is 0 Å². The molecule has 80 valence electrons. The van der Waals surface area contributed by atoms with Crippen molar-refractivity contribution in [1.82, 2.24) is 4.90 Å². The third kappa shape index (κ3) is 4.60. The van der Waals surface area contributed by atoms with E-state index in [0.29, 0.717) is 0 Å². The summed E-state index contributed by atoms with van der Waals surface area (Å²) in [4.78, 5) is 2.19. The molecule has 1 aliphatic heterocycles. The molecule has 2 unspecified atom stereocenters. The molecule has 0 aliphatic carbocycles. The second kappa shape index (κ2) is 7.30. The van der Waals surface area contributed by atoms with E-state index in [1.54, 1.807) is 0 Å². The monoisotopic (exact) mass is 189 g/mol. The van der Waals surface area contributed by atoms with Crippen molar-refractivity contribution in [3.8, 4) is 0 Å². The molecule has 0 bridgehead atoms. The van der Waals surface area contributed by atoms with Crippen LogP contribution in [0, 0.1) is 5.92 Å². The van der Waals surface area contributed by atoms with Crippen molar-refractivity contribution in [2.45, 2.75) is 32.8 Å². The van der Waals surface area contributed by atoms with E-state index in [0.717, 1.165) is 25.9 Å². The van der Waals surface area contributed by atoms with Gasteiger partial charge in [-0.2, -0.15) is 0 Å². The van der Waals surface area contributed by atoms with Crippen LogP contribution < -0.4 is 0 Å². The second-order valence-electron chi connectivity index (χ2n) is 3.39. The molecular formula is C10H23NO2. The van der Waals surface area contributed by atoms with Gasteiger partial charge in [-0.15, -0.1) is 0 Å². The normalized spacial score (nSPS) is 30.2. The molecule has 3 heteroatoms. The van der Waals surface area contributed by atoms with Crippen molar-refractivity contribution in [2.75, 3.05) is 26.7 Å². The minimum absolute atomic E-state index is 0.0972. The molecular weight excluding hydrogens is 166 g/mol. The highest BCUT2D eigenvalue weighted by Gasteiger charge is 2.22. The molecule has 0 aromatic carbocycles. The van der Waals surface area contributed by atoms with E-state index in [2.05, 4.69) is 4.90 Å². The summed E-state index contributed by atoms with van der Waals surface area (Å²) in [6, 6.07) is 0. The molecule has 0 spiro atoms. The van der Waals surface area contributed by atoms with E-state index in [9.17, 15) is 5.11 Å². The first kappa shape index (κ1) is 12.9. The fourth-order valence-corrected chi connectivity index (χ4v) is 1.49. The summed E-state index contributed by atoms with van der Waals surface area (Å²) in [6.45, 7) is 6.05. The first-order valence-electron chi connectivity index (χ1n) is 5.21. The Morgan fingerprint density at radius 2 is 1.77 bits per heavy atom. The molecule has 2 atom stereocenters. The van der Waals surface area contributed by atoms with Crippen molar-refractivity contribution in [3.05, 3.63) is 0 Å². The van der Waals surface area contributed by atoms with Crippen LogP contribution in [0.2, 0.25) is 0 Å². The summed E-state index contributed by atoms with van der Waals surface area (Å²) in [5.41, 5.74) is 0.